The van der Waals surface area contributed by atoms with E-state index in [0.717, 1.165) is 18.6 Å². The van der Waals surface area contributed by atoms with Crippen LogP contribution in [-0.2, 0) is 4.79 Å². The Morgan fingerprint density at radius 1 is 1.33 bits per heavy atom. The van der Waals surface area contributed by atoms with Crippen molar-refractivity contribution >= 4 is 29.3 Å². The SMILES string of the molecule is CCCCSC(C)C(=O)Nc1ccccc1-n1ccc(C(=O)O)n1. The normalized spacial score (nSPS) is 11.9. The number of carboxylic acid groups (broad SMARTS) is 1. The number of carbonyl (C=O) groups excluding carboxylic acids is 1. The molecule has 0 fully saturated rings. The van der Waals surface area contributed by atoms with Crippen LogP contribution in [0.1, 0.15) is 37.2 Å². The van der Waals surface area contributed by atoms with E-state index in [4.69, 9.17) is 5.11 Å². The second-order valence-corrected chi connectivity index (χ2v) is 6.77. The van der Waals surface area contributed by atoms with Gasteiger partial charge in [-0.05, 0) is 37.3 Å². The van der Waals surface area contributed by atoms with Gasteiger partial charge < -0.3 is 10.4 Å². The molecule has 0 aliphatic rings. The second-order valence-electron chi connectivity index (χ2n) is 5.32. The highest BCUT2D eigenvalue weighted by Gasteiger charge is 2.16. The van der Waals surface area contributed by atoms with Crippen molar-refractivity contribution < 1.29 is 14.7 Å². The first-order valence-electron chi connectivity index (χ1n) is 7.83. The highest BCUT2D eigenvalue weighted by atomic mass is 32.2. The molecule has 6 nitrogen and oxygen atoms in total. The molecule has 24 heavy (non-hydrogen) atoms. The molecule has 1 amide bonds. The first-order valence-corrected chi connectivity index (χ1v) is 8.88. The van der Waals surface area contributed by atoms with Gasteiger partial charge in [0.1, 0.15) is 0 Å². The number of nitrogens with one attached hydrogen (secondary N) is 1. The lowest BCUT2D eigenvalue weighted by molar-refractivity contribution is -0.115. The lowest BCUT2D eigenvalue weighted by Crippen LogP contribution is -2.23. The maximum Gasteiger partial charge on any atom is 0.356 e. The summed E-state index contributed by atoms with van der Waals surface area (Å²) in [4.78, 5) is 23.3. The van der Waals surface area contributed by atoms with Crippen molar-refractivity contribution in [2.75, 3.05) is 11.1 Å². The third-order valence-electron chi connectivity index (χ3n) is 3.45. The lowest BCUT2D eigenvalue weighted by atomic mass is 10.2. The van der Waals surface area contributed by atoms with E-state index in [2.05, 4.69) is 17.3 Å². The number of aromatic nitrogens is 2. The van der Waals surface area contributed by atoms with Gasteiger partial charge in [-0.25, -0.2) is 9.48 Å². The van der Waals surface area contributed by atoms with E-state index in [-0.39, 0.29) is 16.9 Å². The van der Waals surface area contributed by atoms with Crippen LogP contribution in [-0.4, -0.2) is 37.8 Å². The number of hydrogen-bond donors (Lipinski definition) is 2. The van der Waals surface area contributed by atoms with Crippen molar-refractivity contribution in [3.8, 4) is 5.69 Å². The van der Waals surface area contributed by atoms with Crippen molar-refractivity contribution in [3.05, 3.63) is 42.2 Å². The minimum absolute atomic E-state index is 0.0420. The second kappa shape index (κ2) is 8.54. The molecule has 1 aromatic heterocycles. The van der Waals surface area contributed by atoms with Crippen LogP contribution >= 0.6 is 11.8 Å². The third kappa shape index (κ3) is 4.61. The fourth-order valence-corrected chi connectivity index (χ4v) is 3.08. The van der Waals surface area contributed by atoms with Crippen molar-refractivity contribution in [2.45, 2.75) is 31.9 Å². The molecule has 0 radical (unpaired) electrons. The van der Waals surface area contributed by atoms with E-state index in [1.54, 1.807) is 30.1 Å². The van der Waals surface area contributed by atoms with Gasteiger partial charge in [0.15, 0.2) is 5.69 Å². The Hall–Kier alpha value is -2.28. The van der Waals surface area contributed by atoms with Crippen LogP contribution in [0.25, 0.3) is 5.69 Å². The van der Waals surface area contributed by atoms with Gasteiger partial charge in [-0.15, -0.1) is 11.8 Å². The van der Waals surface area contributed by atoms with Crippen LogP contribution in [0.5, 0.6) is 0 Å². The summed E-state index contributed by atoms with van der Waals surface area (Å²) in [5, 5.41) is 15.8. The van der Waals surface area contributed by atoms with Crippen molar-refractivity contribution in [2.24, 2.45) is 0 Å². The number of carbonyl (C=O) groups is 2. The summed E-state index contributed by atoms with van der Waals surface area (Å²) >= 11 is 1.63. The average Bonchev–Trinajstić information content (AvgIpc) is 3.05. The molecule has 1 aromatic carbocycles. The quantitative estimate of drug-likeness (QED) is 0.715. The Labute approximate surface area is 145 Å². The Balaban J connectivity index is 2.13. The fourth-order valence-electron chi connectivity index (χ4n) is 2.07. The summed E-state index contributed by atoms with van der Waals surface area (Å²) in [5.41, 5.74) is 1.19. The number of anilines is 1. The number of unbranched alkanes of at least 4 members (excludes halogenated alkanes) is 1. The zero-order valence-electron chi connectivity index (χ0n) is 13.7. The molecular formula is C17H21N3O3S. The topological polar surface area (TPSA) is 84.2 Å². The van der Waals surface area contributed by atoms with E-state index in [1.807, 2.05) is 19.1 Å². The summed E-state index contributed by atoms with van der Waals surface area (Å²) in [6.07, 6.45) is 3.76. The predicted octanol–water partition coefficient (Wildman–Crippen LogP) is 3.43. The molecule has 1 atom stereocenters. The minimum Gasteiger partial charge on any atom is -0.476 e. The maximum absolute atomic E-state index is 12.3. The highest BCUT2D eigenvalue weighted by molar-refractivity contribution is 8.00. The Morgan fingerprint density at radius 2 is 2.08 bits per heavy atom. The molecule has 0 aliphatic heterocycles. The summed E-state index contributed by atoms with van der Waals surface area (Å²) < 4.78 is 1.45. The lowest BCUT2D eigenvalue weighted by Gasteiger charge is -2.14. The number of aromatic carboxylic acids is 1. The number of carboxylic acids is 1. The summed E-state index contributed by atoms with van der Waals surface area (Å²) in [7, 11) is 0. The molecule has 2 aromatic rings. The van der Waals surface area contributed by atoms with Crippen molar-refractivity contribution in [1.29, 1.82) is 0 Å². The molecule has 0 spiro atoms. The standard InChI is InChI=1S/C17H21N3O3S/c1-3-4-11-24-12(2)16(21)18-13-7-5-6-8-15(13)20-10-9-14(19-20)17(22)23/h5-10,12H,3-4,11H2,1-2H3,(H,18,21)(H,22,23). The number of para-hydroxylation sites is 2. The van der Waals surface area contributed by atoms with Gasteiger partial charge in [0.2, 0.25) is 5.91 Å². The van der Waals surface area contributed by atoms with E-state index in [9.17, 15) is 9.59 Å². The first kappa shape index (κ1) is 18.1. The Kier molecular flexibility index (Phi) is 6.43. The van der Waals surface area contributed by atoms with Crippen molar-refractivity contribution in [1.82, 2.24) is 9.78 Å². The number of thioether (sulfide) groups is 1. The Morgan fingerprint density at radius 3 is 2.75 bits per heavy atom. The third-order valence-corrected chi connectivity index (χ3v) is 4.69. The van der Waals surface area contributed by atoms with Crippen LogP contribution in [0.15, 0.2) is 36.5 Å². The van der Waals surface area contributed by atoms with E-state index >= 15 is 0 Å². The van der Waals surface area contributed by atoms with Gasteiger partial charge >= 0.3 is 5.97 Å². The smallest absolute Gasteiger partial charge is 0.356 e. The average molecular weight is 347 g/mol. The predicted molar refractivity (Wildman–Crippen MR) is 96.0 cm³/mol. The molecule has 1 heterocycles. The molecule has 0 aliphatic carbocycles. The van der Waals surface area contributed by atoms with Gasteiger partial charge in [0.05, 0.1) is 16.6 Å². The molecule has 2 rings (SSSR count). The van der Waals surface area contributed by atoms with Crippen molar-refractivity contribution in [3.63, 3.8) is 0 Å². The van der Waals surface area contributed by atoms with Crippen LogP contribution < -0.4 is 5.32 Å². The number of nitrogens with zero attached hydrogens (tertiary/aromatic N) is 2. The van der Waals surface area contributed by atoms with Crippen LogP contribution in [0.4, 0.5) is 5.69 Å². The van der Waals surface area contributed by atoms with Gasteiger partial charge in [-0.2, -0.15) is 5.10 Å². The zero-order chi connectivity index (χ0) is 17.5. The molecule has 1 unspecified atom stereocenters. The molecule has 0 bridgehead atoms. The van der Waals surface area contributed by atoms with Gasteiger partial charge in [-0.1, -0.05) is 25.5 Å². The van der Waals surface area contributed by atoms with E-state index < -0.39 is 5.97 Å². The maximum atomic E-state index is 12.3. The van der Waals surface area contributed by atoms with Crippen LogP contribution in [0.3, 0.4) is 0 Å². The monoisotopic (exact) mass is 347 g/mol. The fraction of sp³-hybridized carbons (Fsp3) is 0.353. The summed E-state index contributed by atoms with van der Waals surface area (Å²) in [5.74, 6) is -0.209. The molecular weight excluding hydrogens is 326 g/mol. The highest BCUT2D eigenvalue weighted by Crippen LogP contribution is 2.22. The van der Waals surface area contributed by atoms with Crippen LogP contribution in [0, 0.1) is 0 Å². The Bertz CT molecular complexity index is 715. The molecule has 128 valence electrons. The number of hydrogen-bond acceptors (Lipinski definition) is 4. The van der Waals surface area contributed by atoms with E-state index in [0.29, 0.717) is 11.4 Å². The van der Waals surface area contributed by atoms with Gasteiger partial charge in [-0.3, -0.25) is 4.79 Å². The first-order chi connectivity index (χ1) is 11.5. The molecule has 7 heteroatoms. The molecule has 2 N–H and O–H groups in total. The number of rotatable bonds is 8. The molecule has 0 saturated heterocycles. The van der Waals surface area contributed by atoms with Gasteiger partial charge in [0, 0.05) is 6.20 Å². The van der Waals surface area contributed by atoms with Gasteiger partial charge in [0.25, 0.3) is 0 Å². The van der Waals surface area contributed by atoms with E-state index in [1.165, 1.54) is 10.7 Å². The number of amides is 1. The summed E-state index contributed by atoms with van der Waals surface area (Å²) in [6.45, 7) is 4.01. The zero-order valence-corrected chi connectivity index (χ0v) is 14.5. The van der Waals surface area contributed by atoms with Crippen LogP contribution in [0.2, 0.25) is 0 Å². The minimum atomic E-state index is -1.09. The summed E-state index contributed by atoms with van der Waals surface area (Å²) in [6, 6.07) is 8.61. The number of benzene rings is 1. The molecule has 0 saturated carbocycles. The largest absolute Gasteiger partial charge is 0.476 e.